The third kappa shape index (κ3) is 3.69. The summed E-state index contributed by atoms with van der Waals surface area (Å²) in [4.78, 5) is 25.9. The van der Waals surface area contributed by atoms with Crippen LogP contribution in [0.25, 0.3) is 0 Å². The smallest absolute Gasteiger partial charge is 0.262 e. The molecule has 0 fully saturated rings. The molecule has 22 heavy (non-hydrogen) atoms. The van der Waals surface area contributed by atoms with E-state index >= 15 is 0 Å². The second-order valence-electron chi connectivity index (χ2n) is 5.45. The minimum absolute atomic E-state index is 0.0540. The zero-order chi connectivity index (χ0) is 16.1. The van der Waals surface area contributed by atoms with Gasteiger partial charge in [-0.05, 0) is 25.5 Å². The van der Waals surface area contributed by atoms with Gasteiger partial charge in [0, 0.05) is 13.1 Å². The number of ether oxygens (including phenoxy) is 1. The van der Waals surface area contributed by atoms with Crippen molar-refractivity contribution < 1.29 is 14.3 Å². The van der Waals surface area contributed by atoms with Crippen molar-refractivity contribution in [3.63, 3.8) is 0 Å². The molecule has 0 spiro atoms. The van der Waals surface area contributed by atoms with Crippen LogP contribution in [-0.4, -0.2) is 44.1 Å². The zero-order valence-electron chi connectivity index (χ0n) is 13.3. The first-order valence-corrected chi connectivity index (χ1v) is 7.56. The molecule has 0 aromatic heterocycles. The van der Waals surface area contributed by atoms with E-state index in [0.29, 0.717) is 12.3 Å². The van der Waals surface area contributed by atoms with Crippen molar-refractivity contribution in [3.8, 4) is 5.75 Å². The summed E-state index contributed by atoms with van der Waals surface area (Å²) >= 11 is 0. The van der Waals surface area contributed by atoms with Crippen LogP contribution in [0.4, 0.5) is 5.69 Å². The van der Waals surface area contributed by atoms with Crippen molar-refractivity contribution in [2.45, 2.75) is 32.4 Å². The van der Waals surface area contributed by atoms with E-state index in [1.807, 2.05) is 43.0 Å². The summed E-state index contributed by atoms with van der Waals surface area (Å²) < 4.78 is 5.71. The van der Waals surface area contributed by atoms with Crippen molar-refractivity contribution >= 4 is 17.5 Å². The summed E-state index contributed by atoms with van der Waals surface area (Å²) in [5.74, 6) is 0.377. The molecule has 1 heterocycles. The van der Waals surface area contributed by atoms with Crippen LogP contribution in [-0.2, 0) is 9.59 Å². The monoisotopic (exact) mass is 305 g/mol. The van der Waals surface area contributed by atoms with Gasteiger partial charge >= 0.3 is 0 Å². The highest BCUT2D eigenvalue weighted by Gasteiger charge is 2.31. The number of carbonyl (C=O) groups is 2. The van der Waals surface area contributed by atoms with E-state index < -0.39 is 6.10 Å². The molecular formula is C16H23N3O3. The van der Waals surface area contributed by atoms with Gasteiger partial charge < -0.3 is 20.3 Å². The fourth-order valence-electron chi connectivity index (χ4n) is 2.35. The molecule has 120 valence electrons. The Morgan fingerprint density at radius 2 is 2.14 bits per heavy atom. The molecule has 0 saturated carbocycles. The number of carbonyl (C=O) groups excluding carboxylic acids is 2. The highest BCUT2D eigenvalue weighted by atomic mass is 16.5. The van der Waals surface area contributed by atoms with Gasteiger partial charge in [0.1, 0.15) is 5.75 Å². The number of nitrogens with one attached hydrogen (secondary N) is 2. The Hall–Kier alpha value is -2.24. The number of hydrogen-bond acceptors (Lipinski definition) is 4. The van der Waals surface area contributed by atoms with Crippen LogP contribution >= 0.6 is 0 Å². The van der Waals surface area contributed by atoms with Crippen LogP contribution in [0, 0.1) is 0 Å². The highest BCUT2D eigenvalue weighted by Crippen LogP contribution is 2.32. The summed E-state index contributed by atoms with van der Waals surface area (Å²) in [5.41, 5.74) is 0.835. The van der Waals surface area contributed by atoms with Gasteiger partial charge in [-0.3, -0.25) is 9.59 Å². The van der Waals surface area contributed by atoms with Crippen molar-refractivity contribution in [2.75, 3.05) is 25.0 Å². The normalized spacial score (nSPS) is 18.0. The maximum Gasteiger partial charge on any atom is 0.262 e. The van der Waals surface area contributed by atoms with Crippen LogP contribution in [0.1, 0.15) is 20.3 Å². The van der Waals surface area contributed by atoms with Crippen LogP contribution < -0.4 is 20.3 Å². The van der Waals surface area contributed by atoms with Gasteiger partial charge in [-0.2, -0.15) is 0 Å². The molecule has 0 saturated heterocycles. The van der Waals surface area contributed by atoms with Gasteiger partial charge in [0.15, 0.2) is 6.10 Å². The Bertz CT molecular complexity index is 547. The number of hydrogen-bond donors (Lipinski definition) is 2. The number of nitrogens with zero attached hydrogens (tertiary/aromatic N) is 1. The molecule has 1 aromatic rings. The molecule has 1 aliphatic heterocycles. The number of benzene rings is 1. The number of rotatable bonds is 5. The van der Waals surface area contributed by atoms with Gasteiger partial charge in [0.05, 0.1) is 18.8 Å². The van der Waals surface area contributed by atoms with Crippen molar-refractivity contribution in [3.05, 3.63) is 24.3 Å². The number of para-hydroxylation sites is 2. The van der Waals surface area contributed by atoms with Gasteiger partial charge in [-0.1, -0.05) is 19.1 Å². The van der Waals surface area contributed by atoms with Crippen molar-refractivity contribution in [2.24, 2.45) is 0 Å². The molecule has 2 rings (SSSR count). The van der Waals surface area contributed by atoms with E-state index in [-0.39, 0.29) is 24.4 Å². The fourth-order valence-corrected chi connectivity index (χ4v) is 2.35. The Morgan fingerprint density at radius 3 is 2.82 bits per heavy atom. The summed E-state index contributed by atoms with van der Waals surface area (Å²) in [6, 6.07) is 7.58. The topological polar surface area (TPSA) is 70.7 Å². The summed E-state index contributed by atoms with van der Waals surface area (Å²) in [6.07, 6.45) is 0.267. The molecule has 0 radical (unpaired) electrons. The first kappa shape index (κ1) is 16.1. The summed E-state index contributed by atoms with van der Waals surface area (Å²) in [7, 11) is 1.58. The number of anilines is 1. The SMILES string of the molecule is CC[C@H](C)NC(=O)CN1C[C@H](C(=O)NC)Oc2ccccc21. The Kier molecular flexibility index (Phi) is 5.25. The van der Waals surface area contributed by atoms with Crippen LogP contribution in [0.15, 0.2) is 24.3 Å². The van der Waals surface area contributed by atoms with Gasteiger partial charge in [-0.25, -0.2) is 0 Å². The molecule has 0 bridgehead atoms. The molecule has 0 unspecified atom stereocenters. The quantitative estimate of drug-likeness (QED) is 0.848. The van der Waals surface area contributed by atoms with Crippen LogP contribution in [0.5, 0.6) is 5.75 Å². The third-order valence-electron chi connectivity index (χ3n) is 3.75. The minimum Gasteiger partial charge on any atom is -0.477 e. The molecule has 1 aromatic carbocycles. The second-order valence-corrected chi connectivity index (χ2v) is 5.45. The summed E-state index contributed by atoms with van der Waals surface area (Å²) in [5, 5.41) is 5.53. The zero-order valence-corrected chi connectivity index (χ0v) is 13.3. The largest absolute Gasteiger partial charge is 0.477 e. The number of amides is 2. The number of likely N-dealkylation sites (N-methyl/N-ethyl adjacent to an activating group) is 1. The van der Waals surface area contributed by atoms with Crippen LogP contribution in [0.2, 0.25) is 0 Å². The first-order chi connectivity index (χ1) is 10.5. The summed E-state index contributed by atoms with van der Waals surface area (Å²) in [6.45, 7) is 4.55. The molecule has 6 heteroatoms. The maximum absolute atomic E-state index is 12.1. The molecule has 2 N–H and O–H groups in total. The predicted octanol–water partition coefficient (Wildman–Crippen LogP) is 0.915. The predicted molar refractivity (Wildman–Crippen MR) is 85.0 cm³/mol. The Morgan fingerprint density at radius 1 is 1.41 bits per heavy atom. The van der Waals surface area contributed by atoms with Gasteiger partial charge in [0.25, 0.3) is 5.91 Å². The van der Waals surface area contributed by atoms with E-state index in [1.165, 1.54) is 0 Å². The fraction of sp³-hybridized carbons (Fsp3) is 0.500. The lowest BCUT2D eigenvalue weighted by molar-refractivity contribution is -0.127. The van der Waals surface area contributed by atoms with E-state index in [4.69, 9.17) is 4.74 Å². The minimum atomic E-state index is -0.615. The van der Waals surface area contributed by atoms with Gasteiger partial charge in [-0.15, -0.1) is 0 Å². The first-order valence-electron chi connectivity index (χ1n) is 7.56. The Labute approximate surface area is 130 Å². The molecule has 0 aliphatic carbocycles. The Balaban J connectivity index is 2.14. The van der Waals surface area contributed by atoms with Crippen molar-refractivity contribution in [1.82, 2.24) is 10.6 Å². The average molecular weight is 305 g/mol. The third-order valence-corrected chi connectivity index (χ3v) is 3.75. The van der Waals surface area contributed by atoms with Gasteiger partial charge in [0.2, 0.25) is 5.91 Å². The lowest BCUT2D eigenvalue weighted by Gasteiger charge is -2.35. The van der Waals surface area contributed by atoms with E-state index in [2.05, 4.69) is 10.6 Å². The lowest BCUT2D eigenvalue weighted by atomic mass is 10.1. The molecule has 2 amide bonds. The van der Waals surface area contributed by atoms with Crippen molar-refractivity contribution in [1.29, 1.82) is 0 Å². The number of fused-ring (bicyclic) bond motifs is 1. The second kappa shape index (κ2) is 7.15. The molecule has 6 nitrogen and oxygen atoms in total. The van der Waals surface area contributed by atoms with E-state index in [1.54, 1.807) is 7.05 Å². The average Bonchev–Trinajstić information content (AvgIpc) is 2.53. The highest BCUT2D eigenvalue weighted by molar-refractivity contribution is 5.86. The van der Waals surface area contributed by atoms with E-state index in [0.717, 1.165) is 12.1 Å². The van der Waals surface area contributed by atoms with Crippen LogP contribution in [0.3, 0.4) is 0 Å². The van der Waals surface area contributed by atoms with E-state index in [9.17, 15) is 9.59 Å². The lowest BCUT2D eigenvalue weighted by Crippen LogP contribution is -2.51. The molecular weight excluding hydrogens is 282 g/mol. The maximum atomic E-state index is 12.1. The molecule has 1 aliphatic rings. The standard InChI is InChI=1S/C16H23N3O3/c1-4-11(2)18-15(20)10-19-9-14(16(21)17-3)22-13-8-6-5-7-12(13)19/h5-8,11,14H,4,9-10H2,1-3H3,(H,17,21)(H,18,20)/t11-,14+/m0/s1. The molecule has 2 atom stereocenters.